The Morgan fingerprint density at radius 1 is 1.19 bits per heavy atom. The van der Waals surface area contributed by atoms with Gasteiger partial charge < -0.3 is 9.64 Å². The number of nitrogens with zero attached hydrogens (tertiary/aromatic N) is 1. The molecule has 0 fully saturated rings. The van der Waals surface area contributed by atoms with Crippen LogP contribution in [0.4, 0.5) is 4.39 Å². The zero-order valence-electron chi connectivity index (χ0n) is 13.8. The Kier molecular flexibility index (Phi) is 5.76. The van der Waals surface area contributed by atoms with Crippen LogP contribution in [-0.2, 0) is 4.79 Å². The molecule has 21 heavy (non-hydrogen) atoms. The minimum atomic E-state index is -0.989. The van der Waals surface area contributed by atoms with E-state index in [0.29, 0.717) is 18.2 Å². The van der Waals surface area contributed by atoms with E-state index in [1.165, 1.54) is 24.3 Å². The summed E-state index contributed by atoms with van der Waals surface area (Å²) in [6, 6.07) is 5.82. The van der Waals surface area contributed by atoms with Crippen molar-refractivity contribution in [2.45, 2.75) is 53.2 Å². The Morgan fingerprint density at radius 2 is 1.71 bits per heavy atom. The highest BCUT2D eigenvalue weighted by molar-refractivity contribution is 5.85. The van der Waals surface area contributed by atoms with Gasteiger partial charge in [-0.05, 0) is 57.9 Å². The van der Waals surface area contributed by atoms with Crippen molar-refractivity contribution in [1.82, 2.24) is 4.90 Å². The number of rotatable bonds is 6. The topological polar surface area (TPSA) is 29.5 Å². The second-order valence-electron chi connectivity index (χ2n) is 6.51. The first kappa shape index (κ1) is 17.5. The molecule has 0 aliphatic rings. The van der Waals surface area contributed by atoms with Gasteiger partial charge in [-0.15, -0.1) is 0 Å². The average Bonchev–Trinajstić information content (AvgIpc) is 2.37. The third-order valence-electron chi connectivity index (χ3n) is 3.15. The van der Waals surface area contributed by atoms with Crippen molar-refractivity contribution in [3.63, 3.8) is 0 Å². The molecular formula is C17H26FNO2. The molecule has 0 bridgehead atoms. The van der Waals surface area contributed by atoms with Crippen LogP contribution in [0, 0.1) is 11.7 Å². The van der Waals surface area contributed by atoms with Crippen LogP contribution in [0.5, 0.6) is 5.75 Å². The third kappa shape index (κ3) is 5.03. The number of ether oxygens (including phenoxy) is 1. The predicted molar refractivity (Wildman–Crippen MR) is 82.8 cm³/mol. The summed E-state index contributed by atoms with van der Waals surface area (Å²) in [5.74, 6) is 0.492. The van der Waals surface area contributed by atoms with E-state index in [9.17, 15) is 9.18 Å². The summed E-state index contributed by atoms with van der Waals surface area (Å²) < 4.78 is 18.7. The number of hydrogen-bond donors (Lipinski definition) is 0. The summed E-state index contributed by atoms with van der Waals surface area (Å²) in [5.41, 5.74) is -0.989. The van der Waals surface area contributed by atoms with Gasteiger partial charge in [-0.25, -0.2) is 4.39 Å². The summed E-state index contributed by atoms with van der Waals surface area (Å²) in [7, 11) is 0. The standard InChI is InChI=1S/C17H26FNO2/c1-12(2)11-19(13(3)4)16(20)17(5,6)21-15-9-7-14(18)8-10-15/h7-10,12-13H,11H2,1-6H3. The van der Waals surface area contributed by atoms with Crippen LogP contribution in [0.1, 0.15) is 41.5 Å². The molecule has 0 aliphatic heterocycles. The van der Waals surface area contributed by atoms with Crippen LogP contribution in [-0.4, -0.2) is 29.0 Å². The monoisotopic (exact) mass is 295 g/mol. The lowest BCUT2D eigenvalue weighted by Gasteiger charge is -2.35. The summed E-state index contributed by atoms with van der Waals surface area (Å²) in [4.78, 5) is 14.6. The fourth-order valence-electron chi connectivity index (χ4n) is 2.11. The van der Waals surface area contributed by atoms with Crippen LogP contribution in [0.25, 0.3) is 0 Å². The number of hydrogen-bond acceptors (Lipinski definition) is 2. The lowest BCUT2D eigenvalue weighted by Crippen LogP contribution is -2.52. The normalized spacial score (nSPS) is 11.9. The van der Waals surface area contributed by atoms with Gasteiger partial charge in [0.2, 0.25) is 0 Å². The quantitative estimate of drug-likeness (QED) is 0.797. The van der Waals surface area contributed by atoms with Crippen molar-refractivity contribution >= 4 is 5.91 Å². The van der Waals surface area contributed by atoms with Crippen molar-refractivity contribution in [2.24, 2.45) is 5.92 Å². The fourth-order valence-corrected chi connectivity index (χ4v) is 2.11. The zero-order valence-corrected chi connectivity index (χ0v) is 13.8. The maximum atomic E-state index is 12.9. The van der Waals surface area contributed by atoms with Gasteiger partial charge in [-0.1, -0.05) is 13.8 Å². The van der Waals surface area contributed by atoms with Gasteiger partial charge in [0, 0.05) is 12.6 Å². The van der Waals surface area contributed by atoms with Crippen LogP contribution >= 0.6 is 0 Å². The molecule has 0 spiro atoms. The van der Waals surface area contributed by atoms with Crippen LogP contribution in [0.3, 0.4) is 0 Å². The highest BCUT2D eigenvalue weighted by Crippen LogP contribution is 2.22. The summed E-state index contributed by atoms with van der Waals surface area (Å²) >= 11 is 0. The van der Waals surface area contributed by atoms with Crippen molar-refractivity contribution in [3.05, 3.63) is 30.1 Å². The number of halogens is 1. The minimum absolute atomic E-state index is 0.0597. The van der Waals surface area contributed by atoms with E-state index in [-0.39, 0.29) is 17.8 Å². The molecule has 0 saturated carbocycles. The van der Waals surface area contributed by atoms with Crippen molar-refractivity contribution in [3.8, 4) is 5.75 Å². The van der Waals surface area contributed by atoms with Gasteiger partial charge in [0.05, 0.1) is 0 Å². The molecule has 0 radical (unpaired) electrons. The van der Waals surface area contributed by atoms with Crippen LogP contribution in [0.2, 0.25) is 0 Å². The van der Waals surface area contributed by atoms with Gasteiger partial charge in [-0.2, -0.15) is 0 Å². The number of carbonyl (C=O) groups is 1. The van der Waals surface area contributed by atoms with E-state index < -0.39 is 5.60 Å². The number of benzene rings is 1. The second-order valence-corrected chi connectivity index (χ2v) is 6.51. The molecule has 1 rings (SSSR count). The molecule has 1 aromatic rings. The SMILES string of the molecule is CC(C)CN(C(=O)C(C)(C)Oc1ccc(F)cc1)C(C)C. The first-order chi connectivity index (χ1) is 9.63. The summed E-state index contributed by atoms with van der Waals surface area (Å²) in [6.45, 7) is 12.3. The Bertz CT molecular complexity index is 466. The molecular weight excluding hydrogens is 269 g/mol. The lowest BCUT2D eigenvalue weighted by molar-refractivity contribution is -0.147. The number of carbonyl (C=O) groups excluding carboxylic acids is 1. The van der Waals surface area contributed by atoms with Gasteiger partial charge in [-0.3, -0.25) is 4.79 Å². The molecule has 4 heteroatoms. The van der Waals surface area contributed by atoms with E-state index in [1.807, 2.05) is 18.7 Å². The molecule has 0 atom stereocenters. The molecule has 3 nitrogen and oxygen atoms in total. The molecule has 1 aromatic carbocycles. The lowest BCUT2D eigenvalue weighted by atomic mass is 10.0. The van der Waals surface area contributed by atoms with Crippen molar-refractivity contribution < 1.29 is 13.9 Å². The largest absolute Gasteiger partial charge is 0.478 e. The molecule has 1 amide bonds. The molecule has 118 valence electrons. The van der Waals surface area contributed by atoms with E-state index in [0.717, 1.165) is 0 Å². The fraction of sp³-hybridized carbons (Fsp3) is 0.588. The van der Waals surface area contributed by atoms with Gasteiger partial charge in [0.15, 0.2) is 5.60 Å². The molecule has 0 saturated heterocycles. The van der Waals surface area contributed by atoms with E-state index in [1.54, 1.807) is 13.8 Å². The Labute approximate surface area is 127 Å². The molecule has 0 aliphatic carbocycles. The molecule has 0 N–H and O–H groups in total. The average molecular weight is 295 g/mol. The van der Waals surface area contributed by atoms with Gasteiger partial charge >= 0.3 is 0 Å². The first-order valence-electron chi connectivity index (χ1n) is 7.39. The smallest absolute Gasteiger partial charge is 0.266 e. The molecule has 0 heterocycles. The Hall–Kier alpha value is -1.58. The van der Waals surface area contributed by atoms with Crippen molar-refractivity contribution in [1.29, 1.82) is 0 Å². The van der Waals surface area contributed by atoms with E-state index in [4.69, 9.17) is 4.74 Å². The van der Waals surface area contributed by atoms with Gasteiger partial charge in [0.1, 0.15) is 11.6 Å². The first-order valence-corrected chi connectivity index (χ1v) is 7.39. The van der Waals surface area contributed by atoms with E-state index >= 15 is 0 Å². The number of amides is 1. The maximum Gasteiger partial charge on any atom is 0.266 e. The van der Waals surface area contributed by atoms with Crippen molar-refractivity contribution in [2.75, 3.05) is 6.54 Å². The minimum Gasteiger partial charge on any atom is -0.478 e. The predicted octanol–water partition coefficient (Wildman–Crippen LogP) is 3.88. The Morgan fingerprint density at radius 3 is 2.14 bits per heavy atom. The highest BCUT2D eigenvalue weighted by atomic mass is 19.1. The summed E-state index contributed by atoms with van der Waals surface area (Å²) in [5, 5.41) is 0. The second kappa shape index (κ2) is 6.92. The van der Waals surface area contributed by atoms with Gasteiger partial charge in [0.25, 0.3) is 5.91 Å². The summed E-state index contributed by atoms with van der Waals surface area (Å²) in [6.07, 6.45) is 0. The molecule has 0 aromatic heterocycles. The van der Waals surface area contributed by atoms with Crippen LogP contribution < -0.4 is 4.74 Å². The molecule has 0 unspecified atom stereocenters. The Balaban J connectivity index is 2.88. The third-order valence-corrected chi connectivity index (χ3v) is 3.15. The van der Waals surface area contributed by atoms with E-state index in [2.05, 4.69) is 13.8 Å². The van der Waals surface area contributed by atoms with Crippen LogP contribution in [0.15, 0.2) is 24.3 Å². The maximum absolute atomic E-state index is 12.9. The zero-order chi connectivity index (χ0) is 16.2. The highest BCUT2D eigenvalue weighted by Gasteiger charge is 2.35.